The number of carbonyl (C=O) groups excluding carboxylic acids is 2. The Balaban J connectivity index is 2.15. The number of ether oxygens (including phenoxy) is 1. The Bertz CT molecular complexity index is 1090. The molecule has 0 radical (unpaired) electrons. The Morgan fingerprint density at radius 3 is 2.79 bits per heavy atom. The standard InChI is InChI=1S/C19H19N5O5/c1-4-28-18(26)15-13(21-19(27)22-16(15)14-6-5-7-29-14)9-24-17(25)12(8-20)10(2)11(3)23-24/h5-7,16H,4,9H2,1-3H3,(H2,21,22,27). The van der Waals surface area contributed by atoms with Crippen molar-refractivity contribution in [3.05, 3.63) is 62.6 Å². The largest absolute Gasteiger partial charge is 0.467 e. The highest BCUT2D eigenvalue weighted by Crippen LogP contribution is 2.28. The Morgan fingerprint density at radius 2 is 2.17 bits per heavy atom. The molecule has 1 aliphatic rings. The van der Waals surface area contributed by atoms with Gasteiger partial charge in [0.25, 0.3) is 5.56 Å². The maximum Gasteiger partial charge on any atom is 0.338 e. The number of hydrogen-bond acceptors (Lipinski definition) is 7. The fraction of sp³-hybridized carbons (Fsp3) is 0.316. The van der Waals surface area contributed by atoms with Crippen LogP contribution in [0.5, 0.6) is 0 Å². The number of aryl methyl sites for hydroxylation is 1. The lowest BCUT2D eigenvalue weighted by molar-refractivity contribution is -0.139. The fourth-order valence-electron chi connectivity index (χ4n) is 3.02. The van der Waals surface area contributed by atoms with Gasteiger partial charge in [-0.05, 0) is 38.5 Å². The summed E-state index contributed by atoms with van der Waals surface area (Å²) in [5, 5.41) is 18.7. The molecule has 0 aliphatic carbocycles. The van der Waals surface area contributed by atoms with Gasteiger partial charge in [-0.2, -0.15) is 10.4 Å². The molecule has 10 nitrogen and oxygen atoms in total. The summed E-state index contributed by atoms with van der Waals surface area (Å²) in [6, 6.07) is 3.64. The molecule has 1 aliphatic heterocycles. The van der Waals surface area contributed by atoms with Gasteiger partial charge in [-0.3, -0.25) is 4.79 Å². The van der Waals surface area contributed by atoms with E-state index in [0.29, 0.717) is 17.0 Å². The van der Waals surface area contributed by atoms with E-state index in [1.807, 2.05) is 6.07 Å². The third kappa shape index (κ3) is 3.75. The lowest BCUT2D eigenvalue weighted by Gasteiger charge is -2.28. The first-order valence-electron chi connectivity index (χ1n) is 8.86. The highest BCUT2D eigenvalue weighted by molar-refractivity contribution is 5.94. The van der Waals surface area contributed by atoms with Crippen LogP contribution in [0.3, 0.4) is 0 Å². The number of aromatic nitrogens is 2. The average molecular weight is 397 g/mol. The van der Waals surface area contributed by atoms with Crippen molar-refractivity contribution in [1.29, 1.82) is 5.26 Å². The van der Waals surface area contributed by atoms with E-state index < -0.39 is 23.6 Å². The van der Waals surface area contributed by atoms with E-state index in [1.54, 1.807) is 32.9 Å². The van der Waals surface area contributed by atoms with Crippen LogP contribution in [0.4, 0.5) is 4.79 Å². The average Bonchev–Trinajstić information content (AvgIpc) is 3.21. The van der Waals surface area contributed by atoms with E-state index in [4.69, 9.17) is 9.15 Å². The maximum absolute atomic E-state index is 12.7. The minimum absolute atomic E-state index is 0.0429. The molecule has 150 valence electrons. The maximum atomic E-state index is 12.7. The highest BCUT2D eigenvalue weighted by atomic mass is 16.5. The number of esters is 1. The van der Waals surface area contributed by atoms with Crippen LogP contribution in [0.15, 0.2) is 38.9 Å². The third-order valence-corrected chi connectivity index (χ3v) is 4.53. The summed E-state index contributed by atoms with van der Waals surface area (Å²) in [7, 11) is 0. The van der Waals surface area contributed by atoms with Gasteiger partial charge in [0.05, 0.1) is 36.4 Å². The van der Waals surface area contributed by atoms with E-state index in [2.05, 4.69) is 15.7 Å². The van der Waals surface area contributed by atoms with Crippen molar-refractivity contribution in [2.24, 2.45) is 0 Å². The zero-order valence-corrected chi connectivity index (χ0v) is 16.1. The summed E-state index contributed by atoms with van der Waals surface area (Å²) >= 11 is 0. The van der Waals surface area contributed by atoms with Crippen LogP contribution in [0, 0.1) is 25.2 Å². The van der Waals surface area contributed by atoms with E-state index in [9.17, 15) is 19.6 Å². The van der Waals surface area contributed by atoms with E-state index in [0.717, 1.165) is 4.68 Å². The summed E-state index contributed by atoms with van der Waals surface area (Å²) in [6.45, 7) is 4.85. The number of hydrogen-bond donors (Lipinski definition) is 2. The van der Waals surface area contributed by atoms with Crippen LogP contribution >= 0.6 is 0 Å². The summed E-state index contributed by atoms with van der Waals surface area (Å²) in [4.78, 5) is 37.5. The molecule has 0 saturated heterocycles. The predicted octanol–water partition coefficient (Wildman–Crippen LogP) is 1.20. The molecule has 0 bridgehead atoms. The Kier molecular flexibility index (Phi) is 5.50. The van der Waals surface area contributed by atoms with Crippen molar-refractivity contribution in [2.75, 3.05) is 6.61 Å². The molecule has 3 heterocycles. The molecule has 0 saturated carbocycles. The number of nitrogens with zero attached hydrogens (tertiary/aromatic N) is 3. The second-order valence-corrected chi connectivity index (χ2v) is 6.32. The predicted molar refractivity (Wildman–Crippen MR) is 99.5 cm³/mol. The van der Waals surface area contributed by atoms with Crippen molar-refractivity contribution in [1.82, 2.24) is 20.4 Å². The number of rotatable bonds is 5. The number of nitrogens with one attached hydrogen (secondary N) is 2. The van der Waals surface area contributed by atoms with Crippen LogP contribution in [-0.4, -0.2) is 28.4 Å². The lowest BCUT2D eigenvalue weighted by atomic mass is 10.00. The minimum Gasteiger partial charge on any atom is -0.467 e. The van der Waals surface area contributed by atoms with Crippen LogP contribution in [0.2, 0.25) is 0 Å². The van der Waals surface area contributed by atoms with Crippen LogP contribution in [-0.2, 0) is 16.1 Å². The summed E-state index contributed by atoms with van der Waals surface area (Å²) < 4.78 is 11.5. The zero-order chi connectivity index (χ0) is 21.1. The second kappa shape index (κ2) is 8.02. The number of furan rings is 1. The molecule has 29 heavy (non-hydrogen) atoms. The monoisotopic (exact) mass is 397 g/mol. The first-order chi connectivity index (χ1) is 13.9. The van der Waals surface area contributed by atoms with Crippen molar-refractivity contribution in [2.45, 2.75) is 33.4 Å². The second-order valence-electron chi connectivity index (χ2n) is 6.32. The highest BCUT2D eigenvalue weighted by Gasteiger charge is 2.35. The Labute approximate surface area is 165 Å². The number of nitriles is 1. The Morgan fingerprint density at radius 1 is 1.41 bits per heavy atom. The molecular weight excluding hydrogens is 378 g/mol. The number of amides is 2. The van der Waals surface area contributed by atoms with Crippen LogP contribution in [0.1, 0.15) is 35.5 Å². The molecule has 0 aromatic carbocycles. The molecular formula is C19H19N5O5. The van der Waals surface area contributed by atoms with Gasteiger partial charge in [-0.1, -0.05) is 0 Å². The van der Waals surface area contributed by atoms with Gasteiger partial charge in [-0.25, -0.2) is 14.3 Å². The topological polar surface area (TPSA) is 139 Å². The van der Waals surface area contributed by atoms with E-state index in [1.165, 1.54) is 6.26 Å². The molecule has 0 spiro atoms. The zero-order valence-electron chi connectivity index (χ0n) is 16.1. The minimum atomic E-state index is -0.898. The SMILES string of the molecule is CCOC(=O)C1=C(Cn2nc(C)c(C)c(C#N)c2=O)NC(=O)NC1c1ccco1. The molecule has 1 atom stereocenters. The number of urea groups is 1. The van der Waals surface area contributed by atoms with Gasteiger partial charge < -0.3 is 19.8 Å². The van der Waals surface area contributed by atoms with Crippen molar-refractivity contribution >= 4 is 12.0 Å². The third-order valence-electron chi connectivity index (χ3n) is 4.53. The molecule has 2 aromatic rings. The van der Waals surface area contributed by atoms with Gasteiger partial charge in [0.2, 0.25) is 0 Å². The first-order valence-corrected chi connectivity index (χ1v) is 8.86. The molecule has 3 rings (SSSR count). The van der Waals surface area contributed by atoms with E-state index in [-0.39, 0.29) is 30.0 Å². The van der Waals surface area contributed by atoms with Crippen molar-refractivity contribution in [3.63, 3.8) is 0 Å². The number of allylic oxidation sites excluding steroid dienone is 1. The van der Waals surface area contributed by atoms with Crippen molar-refractivity contribution in [3.8, 4) is 6.07 Å². The smallest absolute Gasteiger partial charge is 0.338 e. The summed E-state index contributed by atoms with van der Waals surface area (Å²) in [5.41, 5.74) is 0.535. The lowest BCUT2D eigenvalue weighted by Crippen LogP contribution is -2.47. The summed E-state index contributed by atoms with van der Waals surface area (Å²) in [5.74, 6) is -0.340. The van der Waals surface area contributed by atoms with Gasteiger partial charge in [0.1, 0.15) is 23.4 Å². The van der Waals surface area contributed by atoms with Crippen molar-refractivity contribution < 1.29 is 18.7 Å². The molecule has 2 aromatic heterocycles. The van der Waals surface area contributed by atoms with Crippen LogP contribution < -0.4 is 16.2 Å². The van der Waals surface area contributed by atoms with E-state index >= 15 is 0 Å². The first kappa shape index (κ1) is 19.9. The van der Waals surface area contributed by atoms with Crippen LogP contribution in [0.25, 0.3) is 0 Å². The van der Waals surface area contributed by atoms with Gasteiger partial charge in [0, 0.05) is 0 Å². The quantitative estimate of drug-likeness (QED) is 0.723. The molecule has 0 fully saturated rings. The fourth-order valence-corrected chi connectivity index (χ4v) is 3.02. The van der Waals surface area contributed by atoms with Gasteiger partial charge in [0.15, 0.2) is 0 Å². The molecule has 10 heteroatoms. The molecule has 1 unspecified atom stereocenters. The summed E-state index contributed by atoms with van der Waals surface area (Å²) in [6.07, 6.45) is 1.42. The van der Waals surface area contributed by atoms with Gasteiger partial charge in [-0.15, -0.1) is 0 Å². The number of carbonyl (C=O) groups is 2. The van der Waals surface area contributed by atoms with Gasteiger partial charge >= 0.3 is 12.0 Å². The Hall–Kier alpha value is -3.87. The molecule has 2 amide bonds. The molecule has 2 N–H and O–H groups in total. The normalized spacial score (nSPS) is 16.1.